The van der Waals surface area contributed by atoms with Crippen LogP contribution in [0.1, 0.15) is 17.3 Å². The lowest BCUT2D eigenvalue weighted by atomic mass is 10.1. The third kappa shape index (κ3) is 3.11. The standard InChI is InChI=1S/C15H23N3O2/c1-12-11-18(8-7-17(12)9-10-19)15(20)13-5-3-4-6-14(13)16-2/h3-6,12,16,19H,7-11H2,1-2H3. The highest BCUT2D eigenvalue weighted by atomic mass is 16.3. The van der Waals surface area contributed by atoms with Crippen LogP contribution in [0.5, 0.6) is 0 Å². The summed E-state index contributed by atoms with van der Waals surface area (Å²) in [4.78, 5) is 16.7. The number of hydrogen-bond acceptors (Lipinski definition) is 4. The number of nitrogens with zero attached hydrogens (tertiary/aromatic N) is 2. The Bertz CT molecular complexity index is 464. The fraction of sp³-hybridized carbons (Fsp3) is 0.533. The lowest BCUT2D eigenvalue weighted by Gasteiger charge is -2.39. The highest BCUT2D eigenvalue weighted by Gasteiger charge is 2.27. The quantitative estimate of drug-likeness (QED) is 0.857. The van der Waals surface area contributed by atoms with Crippen LogP contribution >= 0.6 is 0 Å². The van der Waals surface area contributed by atoms with Crippen molar-refractivity contribution in [1.82, 2.24) is 9.80 Å². The van der Waals surface area contributed by atoms with Crippen LogP contribution in [0.4, 0.5) is 5.69 Å². The number of carbonyl (C=O) groups is 1. The molecule has 1 unspecified atom stereocenters. The van der Waals surface area contributed by atoms with Crippen LogP contribution in [0.25, 0.3) is 0 Å². The van der Waals surface area contributed by atoms with Crippen molar-refractivity contribution in [1.29, 1.82) is 0 Å². The molecule has 0 bridgehead atoms. The van der Waals surface area contributed by atoms with Crippen molar-refractivity contribution in [2.75, 3.05) is 45.2 Å². The van der Waals surface area contributed by atoms with Crippen LogP contribution in [-0.4, -0.2) is 66.7 Å². The average Bonchev–Trinajstić information content (AvgIpc) is 2.48. The van der Waals surface area contributed by atoms with Gasteiger partial charge in [0.2, 0.25) is 0 Å². The molecule has 0 radical (unpaired) electrons. The van der Waals surface area contributed by atoms with E-state index in [1.807, 2.05) is 36.2 Å². The van der Waals surface area contributed by atoms with Crippen molar-refractivity contribution >= 4 is 11.6 Å². The maximum absolute atomic E-state index is 12.6. The summed E-state index contributed by atoms with van der Waals surface area (Å²) < 4.78 is 0. The first-order valence-corrected chi connectivity index (χ1v) is 7.08. The zero-order valence-corrected chi connectivity index (χ0v) is 12.2. The van der Waals surface area contributed by atoms with Gasteiger partial charge in [0.15, 0.2) is 0 Å². The number of rotatable bonds is 4. The molecule has 0 aromatic heterocycles. The van der Waals surface area contributed by atoms with Crippen LogP contribution in [0.3, 0.4) is 0 Å². The van der Waals surface area contributed by atoms with Crippen molar-refractivity contribution in [3.05, 3.63) is 29.8 Å². The largest absolute Gasteiger partial charge is 0.395 e. The molecule has 2 N–H and O–H groups in total. The number of aliphatic hydroxyl groups is 1. The van der Waals surface area contributed by atoms with Crippen LogP contribution in [0, 0.1) is 0 Å². The molecule has 1 aromatic rings. The van der Waals surface area contributed by atoms with Crippen molar-refractivity contribution in [3.8, 4) is 0 Å². The summed E-state index contributed by atoms with van der Waals surface area (Å²) in [6.45, 7) is 5.17. The highest BCUT2D eigenvalue weighted by Crippen LogP contribution is 2.19. The van der Waals surface area contributed by atoms with Gasteiger partial charge in [-0.3, -0.25) is 9.69 Å². The molecule has 0 spiro atoms. The average molecular weight is 277 g/mol. The second-order valence-corrected chi connectivity index (χ2v) is 5.16. The summed E-state index contributed by atoms with van der Waals surface area (Å²) in [5, 5.41) is 12.1. The molecule has 1 atom stereocenters. The lowest BCUT2D eigenvalue weighted by Crippen LogP contribution is -2.54. The summed E-state index contributed by atoms with van der Waals surface area (Å²) in [5.41, 5.74) is 1.58. The second kappa shape index (κ2) is 6.72. The molecule has 1 saturated heterocycles. The molecule has 20 heavy (non-hydrogen) atoms. The number of anilines is 1. The van der Waals surface area contributed by atoms with Crippen LogP contribution in [0.2, 0.25) is 0 Å². The van der Waals surface area contributed by atoms with E-state index in [4.69, 9.17) is 5.11 Å². The van der Waals surface area contributed by atoms with E-state index in [-0.39, 0.29) is 18.6 Å². The normalized spacial score (nSPS) is 19.9. The summed E-state index contributed by atoms with van der Waals surface area (Å²) in [6, 6.07) is 7.86. The molecule has 5 nitrogen and oxygen atoms in total. The number of piperazine rings is 1. The summed E-state index contributed by atoms with van der Waals surface area (Å²) >= 11 is 0. The van der Waals surface area contributed by atoms with Gasteiger partial charge in [-0.15, -0.1) is 0 Å². The minimum Gasteiger partial charge on any atom is -0.395 e. The second-order valence-electron chi connectivity index (χ2n) is 5.16. The Balaban J connectivity index is 2.07. The minimum absolute atomic E-state index is 0.0745. The topological polar surface area (TPSA) is 55.8 Å². The van der Waals surface area contributed by atoms with Gasteiger partial charge in [-0.25, -0.2) is 0 Å². The van der Waals surface area contributed by atoms with E-state index < -0.39 is 0 Å². The zero-order valence-electron chi connectivity index (χ0n) is 12.2. The van der Waals surface area contributed by atoms with Gasteiger partial charge in [-0.05, 0) is 19.1 Å². The summed E-state index contributed by atoms with van der Waals surface area (Å²) in [7, 11) is 1.83. The van der Waals surface area contributed by atoms with E-state index in [0.29, 0.717) is 19.6 Å². The van der Waals surface area contributed by atoms with Crippen LogP contribution in [0.15, 0.2) is 24.3 Å². The first kappa shape index (κ1) is 14.8. The van der Waals surface area contributed by atoms with Gasteiger partial charge in [-0.2, -0.15) is 0 Å². The zero-order chi connectivity index (χ0) is 14.5. The first-order valence-electron chi connectivity index (χ1n) is 7.08. The molecular weight excluding hydrogens is 254 g/mol. The molecule has 1 aliphatic heterocycles. The number of aliphatic hydroxyl groups excluding tert-OH is 1. The third-order valence-corrected chi connectivity index (χ3v) is 3.87. The SMILES string of the molecule is CNc1ccccc1C(=O)N1CCN(CCO)C(C)C1. The van der Waals surface area contributed by atoms with Gasteiger partial charge >= 0.3 is 0 Å². The molecule has 110 valence electrons. The Morgan fingerprint density at radius 2 is 2.15 bits per heavy atom. The lowest BCUT2D eigenvalue weighted by molar-refractivity contribution is 0.0471. The van der Waals surface area contributed by atoms with Crippen LogP contribution in [-0.2, 0) is 0 Å². The van der Waals surface area contributed by atoms with E-state index in [2.05, 4.69) is 17.1 Å². The molecule has 5 heteroatoms. The molecule has 1 aromatic carbocycles. The maximum Gasteiger partial charge on any atom is 0.256 e. The Kier molecular flexibility index (Phi) is 4.98. The Labute approximate surface area is 120 Å². The van der Waals surface area contributed by atoms with Gasteiger partial charge in [0, 0.05) is 45.0 Å². The molecule has 1 aliphatic rings. The molecule has 0 saturated carbocycles. The number of β-amino-alcohol motifs (C(OH)–C–C–N with tert-alkyl or cyclic N) is 1. The molecule has 2 rings (SSSR count). The Morgan fingerprint density at radius 1 is 1.40 bits per heavy atom. The van der Waals surface area contributed by atoms with Gasteiger partial charge < -0.3 is 15.3 Å². The molecule has 1 fully saturated rings. The van der Waals surface area contributed by atoms with Crippen molar-refractivity contribution in [2.24, 2.45) is 0 Å². The van der Waals surface area contributed by atoms with Crippen molar-refractivity contribution < 1.29 is 9.90 Å². The van der Waals surface area contributed by atoms with Gasteiger partial charge in [0.05, 0.1) is 12.2 Å². The van der Waals surface area contributed by atoms with E-state index in [1.54, 1.807) is 0 Å². The number of carbonyl (C=O) groups excluding carboxylic acids is 1. The van der Waals surface area contributed by atoms with Crippen molar-refractivity contribution in [2.45, 2.75) is 13.0 Å². The van der Waals surface area contributed by atoms with E-state index in [9.17, 15) is 4.79 Å². The summed E-state index contributed by atoms with van der Waals surface area (Å²) in [6.07, 6.45) is 0. The van der Waals surface area contributed by atoms with Gasteiger partial charge in [0.1, 0.15) is 0 Å². The third-order valence-electron chi connectivity index (χ3n) is 3.87. The number of nitrogens with one attached hydrogen (secondary N) is 1. The van der Waals surface area contributed by atoms with E-state index in [1.165, 1.54) is 0 Å². The fourth-order valence-corrected chi connectivity index (χ4v) is 2.70. The Morgan fingerprint density at radius 3 is 2.80 bits per heavy atom. The number of amides is 1. The number of benzene rings is 1. The van der Waals surface area contributed by atoms with Gasteiger partial charge in [-0.1, -0.05) is 12.1 Å². The number of hydrogen-bond donors (Lipinski definition) is 2. The predicted molar refractivity (Wildman–Crippen MR) is 80.0 cm³/mol. The van der Waals surface area contributed by atoms with Crippen LogP contribution < -0.4 is 5.32 Å². The molecule has 0 aliphatic carbocycles. The van der Waals surface area contributed by atoms with E-state index in [0.717, 1.165) is 17.8 Å². The highest BCUT2D eigenvalue weighted by molar-refractivity contribution is 5.99. The smallest absolute Gasteiger partial charge is 0.256 e. The van der Waals surface area contributed by atoms with Crippen molar-refractivity contribution in [3.63, 3.8) is 0 Å². The first-order chi connectivity index (χ1) is 9.67. The molecule has 1 amide bonds. The number of para-hydroxylation sites is 1. The monoisotopic (exact) mass is 277 g/mol. The van der Waals surface area contributed by atoms with Gasteiger partial charge in [0.25, 0.3) is 5.91 Å². The Hall–Kier alpha value is -1.59. The summed E-state index contributed by atoms with van der Waals surface area (Å²) in [5.74, 6) is 0.0745. The molecular formula is C15H23N3O2. The fourth-order valence-electron chi connectivity index (χ4n) is 2.70. The predicted octanol–water partition coefficient (Wildman–Crippen LogP) is 0.867. The van der Waals surface area contributed by atoms with E-state index >= 15 is 0 Å². The maximum atomic E-state index is 12.6. The minimum atomic E-state index is 0.0745. The molecule has 1 heterocycles.